The number of hydrogen-bond acceptors (Lipinski definition) is 9. The predicted molar refractivity (Wildman–Crippen MR) is 188 cm³/mol. The molecule has 2 N–H and O–H groups in total. The summed E-state index contributed by atoms with van der Waals surface area (Å²) in [4.78, 5) is 53.6. The Morgan fingerprint density at radius 2 is 1.78 bits per heavy atom. The smallest absolute Gasteiger partial charge is 0.295 e. The third kappa shape index (κ3) is 7.92. The highest BCUT2D eigenvalue weighted by molar-refractivity contribution is 6.45. The molecule has 0 saturated carbocycles. The average Bonchev–Trinajstić information content (AvgIpc) is 3.77. The predicted octanol–water partition coefficient (Wildman–Crippen LogP) is 5.43. The van der Waals surface area contributed by atoms with Gasteiger partial charge in [0, 0.05) is 31.4 Å². The lowest BCUT2D eigenvalue weighted by Gasteiger charge is -2.29. The summed E-state index contributed by atoms with van der Waals surface area (Å²) >= 11 is 0. The number of ketones is 1. The van der Waals surface area contributed by atoms with Gasteiger partial charge >= 0.3 is 0 Å². The fraction of sp³-hybridized carbons (Fsp3) is 0.432. The van der Waals surface area contributed by atoms with Crippen LogP contribution in [0.1, 0.15) is 93.3 Å². The van der Waals surface area contributed by atoms with Gasteiger partial charge in [0.15, 0.2) is 5.82 Å². The van der Waals surface area contributed by atoms with Crippen molar-refractivity contribution in [2.24, 2.45) is 0 Å². The van der Waals surface area contributed by atoms with Crippen molar-refractivity contribution >= 4 is 34.1 Å². The number of rotatable bonds is 13. The van der Waals surface area contributed by atoms with Crippen molar-refractivity contribution in [3.05, 3.63) is 71.6 Å². The molecule has 0 spiro atoms. The van der Waals surface area contributed by atoms with Crippen molar-refractivity contribution < 1.29 is 23.9 Å². The summed E-state index contributed by atoms with van der Waals surface area (Å²) in [6, 6.07) is 11.8. The van der Waals surface area contributed by atoms with Crippen LogP contribution in [-0.4, -0.2) is 85.2 Å². The molecule has 1 aliphatic rings. The summed E-state index contributed by atoms with van der Waals surface area (Å²) in [6.45, 7) is 11.2. The maximum absolute atomic E-state index is 13.7. The number of amides is 2. The van der Waals surface area contributed by atoms with E-state index < -0.39 is 23.1 Å². The van der Waals surface area contributed by atoms with E-state index in [1.807, 2.05) is 44.2 Å². The van der Waals surface area contributed by atoms with E-state index in [9.17, 15) is 19.6 Å². The van der Waals surface area contributed by atoms with Crippen LogP contribution in [0, 0.1) is 11.3 Å². The zero-order valence-electron chi connectivity index (χ0n) is 29.5. The van der Waals surface area contributed by atoms with Crippen molar-refractivity contribution in [3.8, 4) is 17.6 Å². The van der Waals surface area contributed by atoms with Crippen LogP contribution in [0.25, 0.3) is 22.3 Å². The molecule has 4 heterocycles. The number of carbonyl (C=O) groups excluding carboxylic acids is 3. The molecule has 4 aromatic rings. The first-order valence-electron chi connectivity index (χ1n) is 16.8. The Morgan fingerprint density at radius 1 is 1.06 bits per heavy atom. The second-order valence-corrected chi connectivity index (χ2v) is 13.6. The molecule has 50 heavy (non-hydrogen) atoms. The second kappa shape index (κ2) is 15.0. The molecule has 0 bridgehead atoms. The lowest BCUT2D eigenvalue weighted by Crippen LogP contribution is -2.45. The number of benzene rings is 1. The molecule has 13 nitrogen and oxygen atoms in total. The molecule has 1 aromatic carbocycles. The van der Waals surface area contributed by atoms with Crippen molar-refractivity contribution in [1.29, 1.82) is 5.26 Å². The first-order chi connectivity index (χ1) is 23.9. The number of hydrogen-bond donors (Lipinski definition) is 2. The third-order valence-corrected chi connectivity index (χ3v) is 8.93. The van der Waals surface area contributed by atoms with Crippen molar-refractivity contribution in [2.75, 3.05) is 26.8 Å². The first-order valence-corrected chi connectivity index (χ1v) is 16.8. The van der Waals surface area contributed by atoms with Crippen LogP contribution < -0.4 is 10.1 Å². The molecule has 13 heteroatoms. The minimum Gasteiger partial charge on any atom is -0.494 e. The molecule has 0 aliphatic carbocycles. The number of carbonyl (C=O) groups is 3. The molecule has 0 atom stereocenters. The topological polar surface area (TPSA) is 168 Å². The number of aromatic nitrogens is 5. The molecular formula is C37H44N8O5. The van der Waals surface area contributed by atoms with Gasteiger partial charge in [-0.15, -0.1) is 5.10 Å². The number of H-pyrrole nitrogens is 1. The number of fused-ring (bicyclic) bond motifs is 1. The van der Waals surface area contributed by atoms with E-state index in [4.69, 9.17) is 9.47 Å². The van der Waals surface area contributed by atoms with Crippen molar-refractivity contribution in [2.45, 2.75) is 77.9 Å². The quantitative estimate of drug-likeness (QED) is 0.106. The molecule has 3 aromatic heterocycles. The number of ether oxygens (including phenoxy) is 2. The van der Waals surface area contributed by atoms with Gasteiger partial charge in [0.1, 0.15) is 12.1 Å². The molecule has 0 unspecified atom stereocenters. The van der Waals surface area contributed by atoms with Gasteiger partial charge in [-0.25, -0.2) is 9.97 Å². The highest BCUT2D eigenvalue weighted by Crippen LogP contribution is 2.33. The minimum absolute atomic E-state index is 0.0561. The Labute approximate surface area is 291 Å². The number of methoxy groups -OCH3 is 1. The number of aromatic amines is 1. The summed E-state index contributed by atoms with van der Waals surface area (Å²) in [5, 5.41) is 17.5. The highest BCUT2D eigenvalue weighted by atomic mass is 16.5. The van der Waals surface area contributed by atoms with Crippen molar-refractivity contribution in [3.63, 3.8) is 0 Å². The van der Waals surface area contributed by atoms with Gasteiger partial charge in [-0.2, -0.15) is 9.94 Å². The van der Waals surface area contributed by atoms with Crippen molar-refractivity contribution in [1.82, 2.24) is 34.9 Å². The van der Waals surface area contributed by atoms with Crippen LogP contribution in [0.15, 0.2) is 54.6 Å². The van der Waals surface area contributed by atoms with E-state index in [-0.39, 0.29) is 28.6 Å². The third-order valence-electron chi connectivity index (χ3n) is 8.93. The standard InChI is InChI=1S/C37H44N8O5/c1-7-15-37(4,5)50-19-16-36(2,3)42-34(47)32-41-23-45(43-32)33-30-29(28(49-6)22-40-33)27(21-39-30)31(46)35(48)44-17-13-25(14-18-44)26(20-38)24-11-9-8-10-12-24/h8-12,21-23,39H,7,13-19H2,1-6H3,(H,42,47). The summed E-state index contributed by atoms with van der Waals surface area (Å²) in [5.74, 6) is -1.31. The number of Topliss-reactive ketones (excluding diaryl/α,β-unsaturated/α-hetero) is 1. The number of piperidine rings is 1. The maximum Gasteiger partial charge on any atom is 0.295 e. The Bertz CT molecular complexity index is 1940. The number of likely N-dealkylation sites (tertiary alicyclic amines) is 1. The zero-order valence-corrected chi connectivity index (χ0v) is 29.5. The Morgan fingerprint density at radius 3 is 2.44 bits per heavy atom. The van der Waals surface area contributed by atoms with E-state index in [0.29, 0.717) is 55.4 Å². The van der Waals surface area contributed by atoms with Crippen LogP contribution in [0.5, 0.6) is 5.75 Å². The van der Waals surface area contributed by atoms with E-state index >= 15 is 0 Å². The van der Waals surface area contributed by atoms with Crippen LogP contribution in [-0.2, 0) is 9.53 Å². The molecule has 262 valence electrons. The van der Waals surface area contributed by atoms with Gasteiger partial charge in [0.25, 0.3) is 17.6 Å². The van der Waals surface area contributed by atoms with Gasteiger partial charge < -0.3 is 24.7 Å². The monoisotopic (exact) mass is 680 g/mol. The lowest BCUT2D eigenvalue weighted by molar-refractivity contribution is -0.126. The number of nitrogens with zero attached hydrogens (tertiary/aromatic N) is 6. The van der Waals surface area contributed by atoms with Gasteiger partial charge in [0.2, 0.25) is 5.82 Å². The molecule has 2 amide bonds. The SMILES string of the molecule is CCCC(C)(C)OCCC(C)(C)NC(=O)c1ncn(-c2ncc(OC)c3c(C(=O)C(=O)N4CCC(=C(C#N)c5ccccc5)CC4)c[nH]c23)n1. The maximum atomic E-state index is 13.7. The average molecular weight is 681 g/mol. The van der Waals surface area contributed by atoms with Crippen LogP contribution in [0.3, 0.4) is 0 Å². The largest absolute Gasteiger partial charge is 0.494 e. The molecular weight excluding hydrogens is 636 g/mol. The Balaban J connectivity index is 1.31. The van der Waals surface area contributed by atoms with Crippen LogP contribution >= 0.6 is 0 Å². The molecule has 0 radical (unpaired) electrons. The molecule has 5 rings (SSSR count). The van der Waals surface area contributed by atoms with Gasteiger partial charge in [-0.1, -0.05) is 43.7 Å². The van der Waals surface area contributed by atoms with Crippen LogP contribution in [0.4, 0.5) is 0 Å². The minimum atomic E-state index is -0.703. The zero-order chi connectivity index (χ0) is 36.1. The Kier molecular flexibility index (Phi) is 10.8. The number of nitrogens with one attached hydrogen (secondary N) is 2. The number of allylic oxidation sites excluding steroid dienone is 1. The molecule has 1 saturated heterocycles. The number of pyridine rings is 1. The number of nitriles is 1. The molecule has 1 fully saturated rings. The van der Waals surface area contributed by atoms with E-state index in [2.05, 4.69) is 52.2 Å². The van der Waals surface area contributed by atoms with E-state index in [1.165, 1.54) is 35.4 Å². The Hall–Kier alpha value is -5.35. The summed E-state index contributed by atoms with van der Waals surface area (Å²) in [5.41, 5.74) is 2.11. The summed E-state index contributed by atoms with van der Waals surface area (Å²) in [6.07, 6.45) is 7.79. The second-order valence-electron chi connectivity index (χ2n) is 13.6. The van der Waals surface area contributed by atoms with Gasteiger partial charge in [-0.05, 0) is 64.5 Å². The van der Waals surface area contributed by atoms with Gasteiger partial charge in [-0.3, -0.25) is 14.4 Å². The lowest BCUT2D eigenvalue weighted by atomic mass is 9.93. The summed E-state index contributed by atoms with van der Waals surface area (Å²) in [7, 11) is 1.45. The summed E-state index contributed by atoms with van der Waals surface area (Å²) < 4.78 is 12.9. The van der Waals surface area contributed by atoms with Crippen LogP contribution in [0.2, 0.25) is 0 Å². The highest BCUT2D eigenvalue weighted by Gasteiger charge is 2.31. The van der Waals surface area contributed by atoms with E-state index in [1.54, 1.807) is 0 Å². The normalized spacial score (nSPS) is 13.6. The van der Waals surface area contributed by atoms with Gasteiger partial charge in [0.05, 0.1) is 47.0 Å². The van der Waals surface area contributed by atoms with E-state index in [0.717, 1.165) is 24.0 Å². The fourth-order valence-electron chi connectivity index (χ4n) is 6.20. The first kappa shape index (κ1) is 35.9. The molecule has 1 aliphatic heterocycles. The fourth-order valence-corrected chi connectivity index (χ4v) is 6.20.